The first kappa shape index (κ1) is 12.3. The van der Waals surface area contributed by atoms with Gasteiger partial charge < -0.3 is 10.1 Å². The molecule has 78 valence electrons. The molecule has 0 bridgehead atoms. The van der Waals surface area contributed by atoms with Crippen molar-refractivity contribution in [3.8, 4) is 0 Å². The molecule has 0 atom stereocenters. The minimum Gasteiger partial charge on any atom is -0.453 e. The molecule has 0 aliphatic heterocycles. The SMILES string of the molecule is COC(=O)NCC(C(C)C)C(C)C. The molecule has 0 spiro atoms. The lowest BCUT2D eigenvalue weighted by Crippen LogP contribution is -2.33. The van der Waals surface area contributed by atoms with Gasteiger partial charge in [0, 0.05) is 6.54 Å². The predicted octanol–water partition coefficient (Wildman–Crippen LogP) is 2.27. The van der Waals surface area contributed by atoms with Crippen molar-refractivity contribution in [2.45, 2.75) is 27.7 Å². The van der Waals surface area contributed by atoms with Crippen LogP contribution in [-0.4, -0.2) is 19.7 Å². The second kappa shape index (κ2) is 5.84. The molecule has 3 nitrogen and oxygen atoms in total. The summed E-state index contributed by atoms with van der Waals surface area (Å²) in [5.41, 5.74) is 0. The van der Waals surface area contributed by atoms with E-state index < -0.39 is 0 Å². The Kier molecular flexibility index (Phi) is 5.51. The molecule has 0 aromatic carbocycles. The quantitative estimate of drug-likeness (QED) is 0.733. The monoisotopic (exact) mass is 187 g/mol. The van der Waals surface area contributed by atoms with E-state index in [0.717, 1.165) is 0 Å². The molecule has 0 saturated carbocycles. The van der Waals surface area contributed by atoms with Gasteiger partial charge in [0.25, 0.3) is 0 Å². The first-order valence-corrected chi connectivity index (χ1v) is 4.80. The molecule has 0 rings (SSSR count). The van der Waals surface area contributed by atoms with Gasteiger partial charge in [-0.2, -0.15) is 0 Å². The minimum absolute atomic E-state index is 0.341. The number of hydrogen-bond acceptors (Lipinski definition) is 2. The van der Waals surface area contributed by atoms with Crippen LogP contribution in [0.3, 0.4) is 0 Å². The second-order valence-electron chi connectivity index (χ2n) is 4.02. The summed E-state index contributed by atoms with van der Waals surface area (Å²) in [7, 11) is 1.38. The minimum atomic E-state index is -0.341. The zero-order valence-electron chi connectivity index (χ0n) is 9.26. The second-order valence-corrected chi connectivity index (χ2v) is 4.02. The summed E-state index contributed by atoms with van der Waals surface area (Å²) >= 11 is 0. The van der Waals surface area contributed by atoms with Gasteiger partial charge in [-0.1, -0.05) is 27.7 Å². The van der Waals surface area contributed by atoms with Crippen molar-refractivity contribution in [3.05, 3.63) is 0 Å². The molecular weight excluding hydrogens is 166 g/mol. The molecule has 0 aromatic rings. The van der Waals surface area contributed by atoms with E-state index in [-0.39, 0.29) is 6.09 Å². The van der Waals surface area contributed by atoms with Crippen LogP contribution in [0.15, 0.2) is 0 Å². The highest BCUT2D eigenvalue weighted by molar-refractivity contribution is 5.66. The van der Waals surface area contributed by atoms with E-state index in [2.05, 4.69) is 37.7 Å². The highest BCUT2D eigenvalue weighted by Gasteiger charge is 2.17. The number of nitrogens with one attached hydrogen (secondary N) is 1. The largest absolute Gasteiger partial charge is 0.453 e. The normalized spacial score (nSPS) is 11.1. The number of amides is 1. The van der Waals surface area contributed by atoms with Gasteiger partial charge in [0.1, 0.15) is 0 Å². The van der Waals surface area contributed by atoms with Crippen LogP contribution < -0.4 is 5.32 Å². The topological polar surface area (TPSA) is 38.3 Å². The fourth-order valence-corrected chi connectivity index (χ4v) is 1.51. The van der Waals surface area contributed by atoms with Crippen LogP contribution in [0.5, 0.6) is 0 Å². The number of methoxy groups -OCH3 is 1. The van der Waals surface area contributed by atoms with E-state index in [9.17, 15) is 4.79 Å². The number of rotatable bonds is 4. The first-order chi connectivity index (χ1) is 5.99. The molecular formula is C10H21NO2. The van der Waals surface area contributed by atoms with Crippen molar-refractivity contribution in [2.24, 2.45) is 17.8 Å². The van der Waals surface area contributed by atoms with Crippen molar-refractivity contribution >= 4 is 6.09 Å². The maximum atomic E-state index is 10.8. The molecule has 3 heteroatoms. The number of ether oxygens (including phenoxy) is 1. The predicted molar refractivity (Wildman–Crippen MR) is 53.6 cm³/mol. The first-order valence-electron chi connectivity index (χ1n) is 4.80. The van der Waals surface area contributed by atoms with E-state index in [1.165, 1.54) is 7.11 Å². The van der Waals surface area contributed by atoms with Crippen LogP contribution >= 0.6 is 0 Å². The summed E-state index contributed by atoms with van der Waals surface area (Å²) in [4.78, 5) is 10.8. The standard InChI is InChI=1S/C10H21NO2/c1-7(2)9(8(3)4)6-11-10(12)13-5/h7-9H,6H2,1-5H3,(H,11,12). The van der Waals surface area contributed by atoms with Crippen LogP contribution in [0.4, 0.5) is 4.79 Å². The Morgan fingerprint density at radius 1 is 1.23 bits per heavy atom. The fraction of sp³-hybridized carbons (Fsp3) is 0.900. The van der Waals surface area contributed by atoms with E-state index in [1.54, 1.807) is 0 Å². The van der Waals surface area contributed by atoms with Crippen molar-refractivity contribution < 1.29 is 9.53 Å². The van der Waals surface area contributed by atoms with Gasteiger partial charge in [-0.05, 0) is 17.8 Å². The van der Waals surface area contributed by atoms with Crippen molar-refractivity contribution in [1.82, 2.24) is 5.32 Å². The Labute approximate surface area is 80.8 Å². The maximum Gasteiger partial charge on any atom is 0.406 e. The number of carbonyl (C=O) groups excluding carboxylic acids is 1. The molecule has 0 saturated heterocycles. The van der Waals surface area contributed by atoms with Crippen molar-refractivity contribution in [2.75, 3.05) is 13.7 Å². The molecule has 1 amide bonds. The molecule has 0 aromatic heterocycles. The third-order valence-electron chi connectivity index (χ3n) is 2.38. The van der Waals surface area contributed by atoms with Crippen LogP contribution in [0.2, 0.25) is 0 Å². The number of hydrogen-bond donors (Lipinski definition) is 1. The maximum absolute atomic E-state index is 10.8. The van der Waals surface area contributed by atoms with E-state index in [0.29, 0.717) is 24.3 Å². The van der Waals surface area contributed by atoms with Gasteiger partial charge in [-0.25, -0.2) is 4.79 Å². The molecule has 0 unspecified atom stereocenters. The molecule has 0 radical (unpaired) electrons. The highest BCUT2D eigenvalue weighted by Crippen LogP contribution is 2.19. The Hall–Kier alpha value is -0.730. The van der Waals surface area contributed by atoms with E-state index in [1.807, 2.05) is 0 Å². The van der Waals surface area contributed by atoms with Gasteiger partial charge in [0.2, 0.25) is 0 Å². The Bertz CT molecular complexity index is 147. The van der Waals surface area contributed by atoms with Gasteiger partial charge in [-0.3, -0.25) is 0 Å². The molecule has 0 fully saturated rings. The van der Waals surface area contributed by atoms with Crippen LogP contribution in [0, 0.1) is 17.8 Å². The lowest BCUT2D eigenvalue weighted by Gasteiger charge is -2.24. The van der Waals surface area contributed by atoms with Gasteiger partial charge in [-0.15, -0.1) is 0 Å². The average molecular weight is 187 g/mol. The highest BCUT2D eigenvalue weighted by atomic mass is 16.5. The summed E-state index contributed by atoms with van der Waals surface area (Å²) in [6, 6.07) is 0. The Morgan fingerprint density at radius 3 is 2.00 bits per heavy atom. The smallest absolute Gasteiger partial charge is 0.406 e. The molecule has 1 N–H and O–H groups in total. The number of carbonyl (C=O) groups is 1. The van der Waals surface area contributed by atoms with Crippen LogP contribution in [0.1, 0.15) is 27.7 Å². The zero-order valence-corrected chi connectivity index (χ0v) is 9.26. The van der Waals surface area contributed by atoms with Crippen molar-refractivity contribution in [1.29, 1.82) is 0 Å². The van der Waals surface area contributed by atoms with Crippen LogP contribution in [-0.2, 0) is 4.74 Å². The summed E-state index contributed by atoms with van der Waals surface area (Å²) < 4.78 is 4.51. The Morgan fingerprint density at radius 2 is 1.69 bits per heavy atom. The third-order valence-corrected chi connectivity index (χ3v) is 2.38. The molecule has 13 heavy (non-hydrogen) atoms. The van der Waals surface area contributed by atoms with Crippen LogP contribution in [0.25, 0.3) is 0 Å². The lowest BCUT2D eigenvalue weighted by molar-refractivity contribution is 0.164. The summed E-state index contributed by atoms with van der Waals surface area (Å²) in [6.07, 6.45) is -0.341. The van der Waals surface area contributed by atoms with Gasteiger partial charge >= 0.3 is 6.09 Å². The summed E-state index contributed by atoms with van der Waals surface area (Å²) in [5, 5.41) is 2.73. The lowest BCUT2D eigenvalue weighted by atomic mass is 9.85. The van der Waals surface area contributed by atoms with Crippen molar-refractivity contribution in [3.63, 3.8) is 0 Å². The molecule has 0 aliphatic rings. The third kappa shape index (κ3) is 4.76. The van der Waals surface area contributed by atoms with E-state index in [4.69, 9.17) is 0 Å². The van der Waals surface area contributed by atoms with Gasteiger partial charge in [0.05, 0.1) is 7.11 Å². The van der Waals surface area contributed by atoms with E-state index >= 15 is 0 Å². The molecule has 0 heterocycles. The summed E-state index contributed by atoms with van der Waals surface area (Å²) in [5.74, 6) is 1.67. The zero-order chi connectivity index (χ0) is 10.4. The fourth-order valence-electron chi connectivity index (χ4n) is 1.51. The summed E-state index contributed by atoms with van der Waals surface area (Å²) in [6.45, 7) is 9.38. The average Bonchev–Trinajstić information content (AvgIpc) is 2.03. The molecule has 0 aliphatic carbocycles. The number of alkyl carbamates (subject to hydrolysis) is 1. The Balaban J connectivity index is 3.90. The van der Waals surface area contributed by atoms with Gasteiger partial charge in [0.15, 0.2) is 0 Å².